The highest BCUT2D eigenvalue weighted by Crippen LogP contribution is 2.29. The number of nitrogens with one attached hydrogen (secondary N) is 1. The molecule has 0 fully saturated rings. The van der Waals surface area contributed by atoms with E-state index in [2.05, 4.69) is 28.1 Å². The summed E-state index contributed by atoms with van der Waals surface area (Å²) in [5, 5.41) is 4.30. The summed E-state index contributed by atoms with van der Waals surface area (Å²) in [7, 11) is 3.96. The quantitative estimate of drug-likeness (QED) is 0.572. The third-order valence-electron chi connectivity index (χ3n) is 3.77. The Labute approximate surface area is 116 Å². The molecule has 0 atom stereocenters. The van der Waals surface area contributed by atoms with Crippen molar-refractivity contribution in [3.05, 3.63) is 42.5 Å². The van der Waals surface area contributed by atoms with Crippen LogP contribution < -0.4 is 5.32 Å². The van der Waals surface area contributed by atoms with E-state index in [4.69, 9.17) is 9.97 Å². The van der Waals surface area contributed by atoms with Gasteiger partial charge in [0.05, 0.1) is 16.6 Å². The molecule has 20 heavy (non-hydrogen) atoms. The predicted molar refractivity (Wildman–Crippen MR) is 83.1 cm³/mol. The van der Waals surface area contributed by atoms with Crippen LogP contribution in [0, 0.1) is 0 Å². The van der Waals surface area contributed by atoms with Gasteiger partial charge in [-0.1, -0.05) is 12.1 Å². The first kappa shape index (κ1) is 11.2. The van der Waals surface area contributed by atoms with Crippen molar-refractivity contribution in [2.75, 3.05) is 12.4 Å². The summed E-state index contributed by atoms with van der Waals surface area (Å²) in [4.78, 5) is 9.54. The van der Waals surface area contributed by atoms with Gasteiger partial charge < -0.3 is 9.88 Å². The van der Waals surface area contributed by atoms with E-state index in [0.717, 1.165) is 38.8 Å². The topological polar surface area (TPSA) is 42.7 Å². The van der Waals surface area contributed by atoms with Gasteiger partial charge >= 0.3 is 0 Å². The second kappa shape index (κ2) is 3.93. The fourth-order valence-corrected chi connectivity index (χ4v) is 2.69. The fourth-order valence-electron chi connectivity index (χ4n) is 2.69. The molecule has 0 bridgehead atoms. The van der Waals surface area contributed by atoms with Gasteiger partial charge in [-0.15, -0.1) is 0 Å². The minimum absolute atomic E-state index is 0.923. The lowest BCUT2D eigenvalue weighted by molar-refractivity contribution is 0.992. The van der Waals surface area contributed by atoms with E-state index in [-0.39, 0.29) is 0 Å². The Hall–Kier alpha value is -2.62. The van der Waals surface area contributed by atoms with Gasteiger partial charge in [-0.05, 0) is 30.3 Å². The molecule has 1 N–H and O–H groups in total. The number of hydrogen-bond acceptors (Lipinski definition) is 3. The van der Waals surface area contributed by atoms with Crippen LogP contribution in [-0.2, 0) is 7.05 Å². The van der Waals surface area contributed by atoms with Crippen LogP contribution in [0.5, 0.6) is 0 Å². The number of hydrogen-bond donors (Lipinski definition) is 1. The standard InChI is InChI=1S/C16H14N4/c1-17-10-7-8-14-11(9-10)15-16(20(14)2)19-13-6-4-3-5-12(13)18-15/h3-9,17H,1-2H3. The highest BCUT2D eigenvalue weighted by molar-refractivity contribution is 6.07. The van der Waals surface area contributed by atoms with E-state index in [9.17, 15) is 0 Å². The van der Waals surface area contributed by atoms with E-state index in [1.807, 2.05) is 38.4 Å². The normalized spacial score (nSPS) is 11.5. The summed E-state index contributed by atoms with van der Waals surface area (Å²) in [6, 6.07) is 14.3. The molecule has 4 rings (SSSR count). The van der Waals surface area contributed by atoms with Crippen molar-refractivity contribution in [3.63, 3.8) is 0 Å². The molecular formula is C16H14N4. The van der Waals surface area contributed by atoms with Gasteiger partial charge in [0.25, 0.3) is 0 Å². The second-order valence-corrected chi connectivity index (χ2v) is 4.93. The number of benzene rings is 2. The maximum absolute atomic E-state index is 4.79. The van der Waals surface area contributed by atoms with Crippen molar-refractivity contribution in [3.8, 4) is 0 Å². The lowest BCUT2D eigenvalue weighted by Crippen LogP contribution is -1.91. The van der Waals surface area contributed by atoms with Gasteiger partial charge in [-0.25, -0.2) is 9.97 Å². The van der Waals surface area contributed by atoms with Gasteiger partial charge in [0, 0.05) is 25.2 Å². The third-order valence-corrected chi connectivity index (χ3v) is 3.77. The van der Waals surface area contributed by atoms with Gasteiger partial charge in [0.1, 0.15) is 5.52 Å². The third kappa shape index (κ3) is 1.42. The molecule has 0 unspecified atom stereocenters. The van der Waals surface area contributed by atoms with Crippen LogP contribution >= 0.6 is 0 Å². The molecule has 0 spiro atoms. The smallest absolute Gasteiger partial charge is 0.160 e. The molecular weight excluding hydrogens is 248 g/mol. The summed E-state index contributed by atoms with van der Waals surface area (Å²) < 4.78 is 2.10. The number of aryl methyl sites for hydroxylation is 1. The average molecular weight is 262 g/mol. The van der Waals surface area contributed by atoms with E-state index < -0.39 is 0 Å². The minimum atomic E-state index is 0.923. The number of rotatable bonds is 1. The number of aromatic nitrogens is 3. The fraction of sp³-hybridized carbons (Fsp3) is 0.125. The molecule has 0 saturated heterocycles. The van der Waals surface area contributed by atoms with Crippen LogP contribution in [0.2, 0.25) is 0 Å². The lowest BCUT2D eigenvalue weighted by atomic mass is 10.2. The molecule has 0 saturated carbocycles. The monoisotopic (exact) mass is 262 g/mol. The zero-order chi connectivity index (χ0) is 13.7. The van der Waals surface area contributed by atoms with Crippen molar-refractivity contribution < 1.29 is 0 Å². The Morgan fingerprint density at radius 1 is 1.00 bits per heavy atom. The van der Waals surface area contributed by atoms with Crippen molar-refractivity contribution in [2.24, 2.45) is 7.05 Å². The first-order valence-corrected chi connectivity index (χ1v) is 6.60. The van der Waals surface area contributed by atoms with Crippen molar-refractivity contribution in [1.29, 1.82) is 0 Å². The van der Waals surface area contributed by atoms with Crippen LogP contribution in [0.1, 0.15) is 0 Å². The van der Waals surface area contributed by atoms with Crippen LogP contribution in [0.25, 0.3) is 33.1 Å². The molecule has 2 aromatic heterocycles. The van der Waals surface area contributed by atoms with E-state index in [1.54, 1.807) is 0 Å². The summed E-state index contributed by atoms with van der Waals surface area (Å²) in [6.07, 6.45) is 0. The highest BCUT2D eigenvalue weighted by atomic mass is 15.0. The average Bonchev–Trinajstić information content (AvgIpc) is 2.77. The van der Waals surface area contributed by atoms with E-state index in [1.165, 1.54) is 0 Å². The Balaban J connectivity index is 2.23. The summed E-state index contributed by atoms with van der Waals surface area (Å²) in [6.45, 7) is 0. The van der Waals surface area contributed by atoms with Crippen LogP contribution in [-0.4, -0.2) is 21.6 Å². The Bertz CT molecular complexity index is 953. The zero-order valence-electron chi connectivity index (χ0n) is 11.4. The first-order valence-electron chi connectivity index (χ1n) is 6.60. The molecule has 98 valence electrons. The Morgan fingerprint density at radius 3 is 2.50 bits per heavy atom. The minimum Gasteiger partial charge on any atom is -0.388 e. The molecule has 0 aliphatic heterocycles. The predicted octanol–water partition coefficient (Wildman–Crippen LogP) is 3.32. The second-order valence-electron chi connectivity index (χ2n) is 4.93. The van der Waals surface area contributed by atoms with Crippen LogP contribution in [0.4, 0.5) is 5.69 Å². The maximum Gasteiger partial charge on any atom is 0.160 e. The van der Waals surface area contributed by atoms with Gasteiger partial charge in [0.2, 0.25) is 0 Å². The molecule has 2 aromatic carbocycles. The number of nitrogens with zero attached hydrogens (tertiary/aromatic N) is 3. The van der Waals surface area contributed by atoms with Crippen molar-refractivity contribution >= 4 is 38.8 Å². The zero-order valence-corrected chi connectivity index (χ0v) is 11.4. The highest BCUT2D eigenvalue weighted by Gasteiger charge is 2.12. The van der Waals surface area contributed by atoms with Crippen molar-refractivity contribution in [2.45, 2.75) is 0 Å². The van der Waals surface area contributed by atoms with Gasteiger partial charge in [-0.2, -0.15) is 0 Å². The summed E-state index contributed by atoms with van der Waals surface area (Å²) in [5.74, 6) is 0. The first-order chi connectivity index (χ1) is 9.78. The largest absolute Gasteiger partial charge is 0.388 e. The molecule has 0 aliphatic carbocycles. The van der Waals surface area contributed by atoms with Crippen LogP contribution in [0.15, 0.2) is 42.5 Å². The molecule has 4 heteroatoms. The number of para-hydroxylation sites is 2. The number of anilines is 1. The molecule has 4 aromatic rings. The molecule has 0 aliphatic rings. The van der Waals surface area contributed by atoms with E-state index >= 15 is 0 Å². The van der Waals surface area contributed by atoms with Crippen LogP contribution in [0.3, 0.4) is 0 Å². The summed E-state index contributed by atoms with van der Waals surface area (Å²) >= 11 is 0. The molecule has 0 amide bonds. The van der Waals surface area contributed by atoms with Gasteiger partial charge in [-0.3, -0.25) is 0 Å². The SMILES string of the molecule is CNc1ccc2c(c1)c1nc3ccccc3nc1n2C. The molecule has 2 heterocycles. The summed E-state index contributed by atoms with van der Waals surface area (Å²) in [5.41, 5.74) is 5.97. The van der Waals surface area contributed by atoms with Gasteiger partial charge in [0.15, 0.2) is 5.65 Å². The van der Waals surface area contributed by atoms with E-state index in [0.29, 0.717) is 0 Å². The van der Waals surface area contributed by atoms with Crippen molar-refractivity contribution in [1.82, 2.24) is 14.5 Å². The Morgan fingerprint density at radius 2 is 1.75 bits per heavy atom. The lowest BCUT2D eigenvalue weighted by Gasteiger charge is -2.00. The molecule has 4 nitrogen and oxygen atoms in total. The number of fused-ring (bicyclic) bond motifs is 4. The molecule has 0 radical (unpaired) electrons. The maximum atomic E-state index is 4.79. The Kier molecular flexibility index (Phi) is 2.21.